The number of nitrogens with zero attached hydrogens (tertiary/aromatic N) is 4. The maximum atomic E-state index is 5.90. The van der Waals surface area contributed by atoms with Gasteiger partial charge in [0.2, 0.25) is 5.88 Å². The fourth-order valence-electron chi connectivity index (χ4n) is 3.16. The van der Waals surface area contributed by atoms with Crippen molar-refractivity contribution in [3.63, 3.8) is 0 Å². The van der Waals surface area contributed by atoms with Crippen LogP contribution in [0.25, 0.3) is 10.8 Å². The summed E-state index contributed by atoms with van der Waals surface area (Å²) in [4.78, 5) is 12.8. The van der Waals surface area contributed by atoms with Crippen LogP contribution in [0.1, 0.15) is 17.8 Å². The number of pyridine rings is 2. The quantitative estimate of drug-likeness (QED) is 0.449. The number of anilines is 2. The highest BCUT2D eigenvalue weighted by atomic mass is 16.5. The molecule has 0 spiro atoms. The Morgan fingerprint density at radius 2 is 2.00 bits per heavy atom. The fourth-order valence-corrected chi connectivity index (χ4v) is 3.16. The fraction of sp³-hybridized carbons (Fsp3) is 0.227. The van der Waals surface area contributed by atoms with Crippen molar-refractivity contribution in [3.05, 3.63) is 72.6 Å². The van der Waals surface area contributed by atoms with E-state index >= 15 is 0 Å². The van der Waals surface area contributed by atoms with Gasteiger partial charge in [0.25, 0.3) is 0 Å². The smallest absolute Gasteiger partial charge is 0.213 e. The number of hydrogen-bond acceptors (Lipinski definition) is 6. The number of imidazole rings is 1. The minimum Gasteiger partial charge on any atom is -0.478 e. The second-order valence-electron chi connectivity index (χ2n) is 6.90. The molecule has 148 valence electrons. The van der Waals surface area contributed by atoms with Gasteiger partial charge in [0.1, 0.15) is 11.6 Å². The van der Waals surface area contributed by atoms with Crippen molar-refractivity contribution in [2.75, 3.05) is 17.7 Å². The Hall–Kier alpha value is -3.61. The van der Waals surface area contributed by atoms with Crippen LogP contribution < -0.4 is 15.8 Å². The van der Waals surface area contributed by atoms with E-state index in [0.717, 1.165) is 40.7 Å². The largest absolute Gasteiger partial charge is 0.478 e. The predicted octanol–water partition coefficient (Wildman–Crippen LogP) is 3.57. The van der Waals surface area contributed by atoms with Crippen LogP contribution in [0.2, 0.25) is 0 Å². The maximum absolute atomic E-state index is 5.90. The van der Waals surface area contributed by atoms with Gasteiger partial charge in [-0.15, -0.1) is 0 Å². The number of benzene rings is 1. The molecule has 0 aliphatic heterocycles. The molecule has 0 amide bonds. The molecule has 3 N–H and O–H groups in total. The van der Waals surface area contributed by atoms with Crippen molar-refractivity contribution in [2.45, 2.75) is 19.4 Å². The van der Waals surface area contributed by atoms with Crippen LogP contribution in [0.15, 0.2) is 61.2 Å². The lowest BCUT2D eigenvalue weighted by molar-refractivity contribution is 0.297. The molecule has 0 fully saturated rings. The molecule has 0 saturated carbocycles. The van der Waals surface area contributed by atoms with Gasteiger partial charge in [-0.1, -0.05) is 6.07 Å². The monoisotopic (exact) mass is 388 g/mol. The van der Waals surface area contributed by atoms with E-state index in [1.165, 1.54) is 0 Å². The lowest BCUT2D eigenvalue weighted by Crippen LogP contribution is -2.05. The number of aromatic nitrogens is 4. The molecule has 0 radical (unpaired) electrons. The molecule has 4 aromatic rings. The van der Waals surface area contributed by atoms with E-state index < -0.39 is 0 Å². The second-order valence-corrected chi connectivity index (χ2v) is 6.90. The summed E-state index contributed by atoms with van der Waals surface area (Å²) < 4.78 is 7.76. The standard InChI is InChI=1S/C22H24N6O/c1-28-11-10-24-20(28)3-2-12-29-21-7-4-16(15-27-21)14-26-18-5-6-19-17(13-18)8-9-25-22(19)23/h4-11,13,15,26H,2-3,12,14H2,1H3,(H2,23,25). The number of nitrogen functional groups attached to an aromatic ring is 1. The minimum absolute atomic E-state index is 0.550. The molecule has 7 nitrogen and oxygen atoms in total. The molecule has 0 bridgehead atoms. The van der Waals surface area contributed by atoms with Crippen LogP contribution in [0.3, 0.4) is 0 Å². The summed E-state index contributed by atoms with van der Waals surface area (Å²) in [6, 6.07) is 12.0. The third kappa shape index (κ3) is 4.63. The zero-order valence-corrected chi connectivity index (χ0v) is 16.4. The number of rotatable bonds is 8. The highest BCUT2D eigenvalue weighted by molar-refractivity contribution is 5.92. The normalized spacial score (nSPS) is 10.9. The highest BCUT2D eigenvalue weighted by Gasteiger charge is 2.03. The topological polar surface area (TPSA) is 90.9 Å². The summed E-state index contributed by atoms with van der Waals surface area (Å²) in [5, 5.41) is 5.44. The summed E-state index contributed by atoms with van der Waals surface area (Å²) in [7, 11) is 2.00. The Morgan fingerprint density at radius 3 is 2.79 bits per heavy atom. The van der Waals surface area contributed by atoms with E-state index in [0.29, 0.717) is 24.8 Å². The van der Waals surface area contributed by atoms with Crippen molar-refractivity contribution < 1.29 is 4.74 Å². The molecule has 0 aliphatic rings. The van der Waals surface area contributed by atoms with Gasteiger partial charge in [-0.05, 0) is 41.6 Å². The Labute approximate surface area is 169 Å². The molecule has 7 heteroatoms. The molecular formula is C22H24N6O. The first kappa shape index (κ1) is 18.7. The van der Waals surface area contributed by atoms with Crippen LogP contribution in [0.5, 0.6) is 5.88 Å². The van der Waals surface area contributed by atoms with Crippen molar-refractivity contribution >= 4 is 22.3 Å². The molecule has 0 saturated heterocycles. The van der Waals surface area contributed by atoms with Gasteiger partial charge in [0.05, 0.1) is 6.61 Å². The van der Waals surface area contributed by atoms with E-state index in [1.54, 1.807) is 6.20 Å². The van der Waals surface area contributed by atoms with E-state index in [1.807, 2.05) is 60.5 Å². The molecule has 0 unspecified atom stereocenters. The average Bonchev–Trinajstić information content (AvgIpc) is 3.15. The third-order valence-corrected chi connectivity index (χ3v) is 4.81. The summed E-state index contributed by atoms with van der Waals surface area (Å²) in [5.41, 5.74) is 8.01. The number of nitrogens with one attached hydrogen (secondary N) is 1. The van der Waals surface area contributed by atoms with Crippen LogP contribution in [-0.2, 0) is 20.0 Å². The number of ether oxygens (including phenoxy) is 1. The molecule has 0 aliphatic carbocycles. The van der Waals surface area contributed by atoms with E-state index in [9.17, 15) is 0 Å². The molecule has 3 aromatic heterocycles. The van der Waals surface area contributed by atoms with Crippen molar-refractivity contribution in [3.8, 4) is 5.88 Å². The molecule has 4 rings (SSSR count). The second kappa shape index (κ2) is 8.60. The number of fused-ring (bicyclic) bond motifs is 1. The zero-order valence-electron chi connectivity index (χ0n) is 16.4. The maximum Gasteiger partial charge on any atom is 0.213 e. The van der Waals surface area contributed by atoms with Crippen LogP contribution >= 0.6 is 0 Å². The SMILES string of the molecule is Cn1ccnc1CCCOc1ccc(CNc2ccc3c(N)nccc3c2)cn1. The number of hydrogen-bond donors (Lipinski definition) is 2. The minimum atomic E-state index is 0.550. The zero-order chi connectivity index (χ0) is 20.1. The highest BCUT2D eigenvalue weighted by Crippen LogP contribution is 2.22. The van der Waals surface area contributed by atoms with Gasteiger partial charge in [0.15, 0.2) is 0 Å². The van der Waals surface area contributed by atoms with Gasteiger partial charge in [-0.3, -0.25) is 0 Å². The van der Waals surface area contributed by atoms with Gasteiger partial charge < -0.3 is 20.4 Å². The van der Waals surface area contributed by atoms with Gasteiger partial charge in [0, 0.05) is 61.9 Å². The lowest BCUT2D eigenvalue weighted by Gasteiger charge is -2.09. The van der Waals surface area contributed by atoms with E-state index in [2.05, 4.69) is 26.3 Å². The molecule has 0 atom stereocenters. The first-order chi connectivity index (χ1) is 14.2. The summed E-state index contributed by atoms with van der Waals surface area (Å²) in [6.07, 6.45) is 9.12. The van der Waals surface area contributed by atoms with E-state index in [4.69, 9.17) is 10.5 Å². The average molecular weight is 388 g/mol. The van der Waals surface area contributed by atoms with E-state index in [-0.39, 0.29) is 0 Å². The number of nitrogens with two attached hydrogens (primary N) is 1. The van der Waals surface area contributed by atoms with Crippen molar-refractivity contribution in [2.24, 2.45) is 7.05 Å². The molecule has 3 heterocycles. The first-order valence-corrected chi connectivity index (χ1v) is 9.61. The Morgan fingerprint density at radius 1 is 1.07 bits per heavy atom. The van der Waals surface area contributed by atoms with Crippen LogP contribution in [-0.4, -0.2) is 26.1 Å². The molecular weight excluding hydrogens is 364 g/mol. The van der Waals surface area contributed by atoms with Crippen LogP contribution in [0, 0.1) is 0 Å². The molecule has 1 aromatic carbocycles. The van der Waals surface area contributed by atoms with Gasteiger partial charge in [-0.25, -0.2) is 15.0 Å². The first-order valence-electron chi connectivity index (χ1n) is 9.61. The van der Waals surface area contributed by atoms with Gasteiger partial charge >= 0.3 is 0 Å². The summed E-state index contributed by atoms with van der Waals surface area (Å²) in [5.74, 6) is 2.26. The lowest BCUT2D eigenvalue weighted by atomic mass is 10.1. The Kier molecular flexibility index (Phi) is 5.56. The Balaban J connectivity index is 1.26. The molecule has 29 heavy (non-hydrogen) atoms. The predicted molar refractivity (Wildman–Crippen MR) is 115 cm³/mol. The number of aryl methyl sites for hydroxylation is 2. The van der Waals surface area contributed by atoms with Crippen LogP contribution in [0.4, 0.5) is 11.5 Å². The van der Waals surface area contributed by atoms with Crippen molar-refractivity contribution in [1.82, 2.24) is 19.5 Å². The van der Waals surface area contributed by atoms with Crippen molar-refractivity contribution in [1.29, 1.82) is 0 Å². The Bertz CT molecular complexity index is 1090. The summed E-state index contributed by atoms with van der Waals surface area (Å²) >= 11 is 0. The summed E-state index contributed by atoms with van der Waals surface area (Å²) in [6.45, 7) is 1.30. The van der Waals surface area contributed by atoms with Gasteiger partial charge in [-0.2, -0.15) is 0 Å². The third-order valence-electron chi connectivity index (χ3n) is 4.81.